The average molecular weight is 535 g/mol. The Labute approximate surface area is 224 Å². The van der Waals surface area contributed by atoms with E-state index in [9.17, 15) is 9.18 Å². The Kier molecular flexibility index (Phi) is 7.21. The van der Waals surface area contributed by atoms with Crippen molar-refractivity contribution in [2.75, 3.05) is 11.9 Å². The largest absolute Gasteiger partial charge is 0.459 e. The molecular weight excluding hydrogens is 511 g/mol. The molecule has 188 valence electrons. The fourth-order valence-corrected chi connectivity index (χ4v) is 4.97. The number of pyridine rings is 1. The van der Waals surface area contributed by atoms with E-state index in [0.29, 0.717) is 33.9 Å². The smallest absolute Gasteiger partial charge is 0.226 e. The van der Waals surface area contributed by atoms with E-state index in [-0.39, 0.29) is 30.2 Å². The van der Waals surface area contributed by atoms with Gasteiger partial charge in [0.2, 0.25) is 5.91 Å². The van der Waals surface area contributed by atoms with Crippen LogP contribution >= 0.6 is 23.8 Å². The monoisotopic (exact) mass is 534 g/mol. The SMILES string of the molecule is Cc1c(Cl)cccc1-c1ccc([C@@H]2[C@H](c3ccccn3)NC(=S)N2CCC(=O)Nc2ccc(F)cc2)o1. The number of halogens is 2. The minimum absolute atomic E-state index is 0.172. The molecule has 0 spiro atoms. The van der Waals surface area contributed by atoms with Gasteiger partial charge in [-0.25, -0.2) is 4.39 Å². The molecule has 6 nitrogen and oxygen atoms in total. The van der Waals surface area contributed by atoms with E-state index < -0.39 is 0 Å². The number of nitrogens with one attached hydrogen (secondary N) is 2. The number of rotatable bonds is 7. The minimum atomic E-state index is -0.360. The molecule has 5 rings (SSSR count). The van der Waals surface area contributed by atoms with Crippen LogP contribution in [0, 0.1) is 12.7 Å². The zero-order valence-electron chi connectivity index (χ0n) is 19.9. The molecule has 1 fully saturated rings. The van der Waals surface area contributed by atoms with E-state index in [0.717, 1.165) is 16.8 Å². The predicted molar refractivity (Wildman–Crippen MR) is 146 cm³/mol. The van der Waals surface area contributed by atoms with Gasteiger partial charge in [-0.3, -0.25) is 9.78 Å². The first kappa shape index (κ1) is 24.9. The quantitative estimate of drug-likeness (QED) is 0.266. The van der Waals surface area contributed by atoms with Crippen molar-refractivity contribution < 1.29 is 13.6 Å². The summed E-state index contributed by atoms with van der Waals surface area (Å²) in [5, 5.41) is 7.33. The normalized spacial score (nSPS) is 17.1. The third-order valence-corrected chi connectivity index (χ3v) is 7.12. The molecule has 1 amide bonds. The van der Waals surface area contributed by atoms with Crippen molar-refractivity contribution in [2.45, 2.75) is 25.4 Å². The number of anilines is 1. The number of hydrogen-bond acceptors (Lipinski definition) is 4. The van der Waals surface area contributed by atoms with Gasteiger partial charge in [-0.1, -0.05) is 29.8 Å². The maximum atomic E-state index is 13.2. The summed E-state index contributed by atoms with van der Waals surface area (Å²) in [6, 6.07) is 20.3. The van der Waals surface area contributed by atoms with Crippen molar-refractivity contribution in [1.29, 1.82) is 0 Å². The van der Waals surface area contributed by atoms with Crippen LogP contribution in [0.15, 0.2) is 83.4 Å². The summed E-state index contributed by atoms with van der Waals surface area (Å²) < 4.78 is 19.6. The Morgan fingerprint density at radius 3 is 2.70 bits per heavy atom. The van der Waals surface area contributed by atoms with Gasteiger partial charge < -0.3 is 20.0 Å². The number of aromatic nitrogens is 1. The van der Waals surface area contributed by atoms with Crippen LogP contribution in [0.2, 0.25) is 5.02 Å². The van der Waals surface area contributed by atoms with Gasteiger partial charge >= 0.3 is 0 Å². The molecule has 1 saturated heterocycles. The lowest BCUT2D eigenvalue weighted by atomic mass is 10.0. The van der Waals surface area contributed by atoms with Crippen LogP contribution in [0.1, 0.15) is 35.5 Å². The van der Waals surface area contributed by atoms with Gasteiger partial charge in [-0.15, -0.1) is 0 Å². The highest BCUT2D eigenvalue weighted by Crippen LogP contribution is 2.41. The number of hydrogen-bond donors (Lipinski definition) is 2. The highest BCUT2D eigenvalue weighted by Gasteiger charge is 2.41. The van der Waals surface area contributed by atoms with Crippen LogP contribution < -0.4 is 10.6 Å². The van der Waals surface area contributed by atoms with Crippen LogP contribution in [0.25, 0.3) is 11.3 Å². The lowest BCUT2D eigenvalue weighted by molar-refractivity contribution is -0.116. The fraction of sp³-hybridized carbons (Fsp3) is 0.179. The maximum absolute atomic E-state index is 13.2. The number of furan rings is 1. The second kappa shape index (κ2) is 10.7. The summed E-state index contributed by atoms with van der Waals surface area (Å²) >= 11 is 12.0. The summed E-state index contributed by atoms with van der Waals surface area (Å²) in [6.45, 7) is 2.30. The lowest BCUT2D eigenvalue weighted by Crippen LogP contribution is -2.32. The topological polar surface area (TPSA) is 70.4 Å². The number of benzene rings is 2. The molecule has 4 aromatic rings. The van der Waals surface area contributed by atoms with Crippen LogP contribution in [0.4, 0.5) is 10.1 Å². The van der Waals surface area contributed by atoms with Gasteiger partial charge in [0.25, 0.3) is 0 Å². The van der Waals surface area contributed by atoms with Gasteiger partial charge in [0, 0.05) is 35.4 Å². The average Bonchev–Trinajstić information content (AvgIpc) is 3.51. The first-order valence-corrected chi connectivity index (χ1v) is 12.6. The molecule has 2 aromatic heterocycles. The first-order valence-electron chi connectivity index (χ1n) is 11.8. The molecule has 0 aliphatic carbocycles. The van der Waals surface area contributed by atoms with E-state index in [2.05, 4.69) is 15.6 Å². The molecule has 0 unspecified atom stereocenters. The standard InChI is InChI=1S/C28H24ClFN4O2S/c1-17-20(5-4-6-21(17)29)23-12-13-24(36-23)27-26(22-7-2-3-15-31-22)33-28(37)34(27)16-14-25(35)32-19-10-8-18(30)9-11-19/h2-13,15,26-27H,14,16H2,1H3,(H,32,35)(H,33,37)/t26-,27+/m0/s1. The molecule has 2 atom stereocenters. The van der Waals surface area contributed by atoms with Crippen LogP contribution in [0.5, 0.6) is 0 Å². The highest BCUT2D eigenvalue weighted by molar-refractivity contribution is 7.80. The predicted octanol–water partition coefficient (Wildman–Crippen LogP) is 6.44. The van der Waals surface area contributed by atoms with E-state index in [4.69, 9.17) is 28.2 Å². The van der Waals surface area contributed by atoms with Crippen LogP contribution in [-0.2, 0) is 4.79 Å². The van der Waals surface area contributed by atoms with Crippen molar-refractivity contribution in [1.82, 2.24) is 15.2 Å². The number of thiocarbonyl (C=S) groups is 1. The summed E-state index contributed by atoms with van der Waals surface area (Å²) in [5.74, 6) is 0.822. The van der Waals surface area contributed by atoms with Crippen molar-refractivity contribution in [3.05, 3.63) is 107 Å². The summed E-state index contributed by atoms with van der Waals surface area (Å²) in [7, 11) is 0. The summed E-state index contributed by atoms with van der Waals surface area (Å²) in [5.41, 5.74) is 3.18. The van der Waals surface area contributed by atoms with E-state index >= 15 is 0 Å². The molecule has 37 heavy (non-hydrogen) atoms. The van der Waals surface area contributed by atoms with Gasteiger partial charge in [0.1, 0.15) is 23.4 Å². The molecule has 2 aromatic carbocycles. The highest BCUT2D eigenvalue weighted by atomic mass is 35.5. The fourth-order valence-electron chi connectivity index (χ4n) is 4.46. The van der Waals surface area contributed by atoms with E-state index in [1.54, 1.807) is 6.20 Å². The Bertz CT molecular complexity index is 1430. The first-order chi connectivity index (χ1) is 17.9. The lowest BCUT2D eigenvalue weighted by Gasteiger charge is -2.25. The molecule has 0 saturated carbocycles. The van der Waals surface area contributed by atoms with Gasteiger partial charge in [0.15, 0.2) is 5.11 Å². The second-order valence-electron chi connectivity index (χ2n) is 8.74. The molecule has 2 N–H and O–H groups in total. The number of carbonyl (C=O) groups excluding carboxylic acids is 1. The van der Waals surface area contributed by atoms with Gasteiger partial charge in [-0.2, -0.15) is 0 Å². The molecule has 3 heterocycles. The summed E-state index contributed by atoms with van der Waals surface area (Å²) in [6.07, 6.45) is 1.91. The summed E-state index contributed by atoms with van der Waals surface area (Å²) in [4.78, 5) is 19.2. The zero-order chi connectivity index (χ0) is 25.9. The van der Waals surface area contributed by atoms with Crippen molar-refractivity contribution in [2.24, 2.45) is 0 Å². The Hall–Kier alpha value is -3.75. The van der Waals surface area contributed by atoms with Crippen LogP contribution in [0.3, 0.4) is 0 Å². The van der Waals surface area contributed by atoms with E-state index in [1.807, 2.05) is 60.4 Å². The van der Waals surface area contributed by atoms with Crippen molar-refractivity contribution >= 4 is 40.5 Å². The van der Waals surface area contributed by atoms with E-state index in [1.165, 1.54) is 24.3 Å². The molecular formula is C28H24ClFN4O2S. The number of nitrogens with zero attached hydrogens (tertiary/aromatic N) is 2. The maximum Gasteiger partial charge on any atom is 0.226 e. The van der Waals surface area contributed by atoms with Crippen molar-refractivity contribution in [3.8, 4) is 11.3 Å². The third kappa shape index (κ3) is 5.35. The minimum Gasteiger partial charge on any atom is -0.459 e. The van der Waals surface area contributed by atoms with Crippen molar-refractivity contribution in [3.63, 3.8) is 0 Å². The van der Waals surface area contributed by atoms with Gasteiger partial charge in [0.05, 0.1) is 11.7 Å². The second-order valence-corrected chi connectivity index (χ2v) is 9.53. The van der Waals surface area contributed by atoms with Gasteiger partial charge in [-0.05, 0) is 79.3 Å². The third-order valence-electron chi connectivity index (χ3n) is 6.36. The number of carbonyl (C=O) groups is 1. The Morgan fingerprint density at radius 1 is 1.14 bits per heavy atom. The van der Waals surface area contributed by atoms with Crippen LogP contribution in [-0.4, -0.2) is 27.4 Å². The zero-order valence-corrected chi connectivity index (χ0v) is 21.5. The Balaban J connectivity index is 1.41. The molecule has 9 heteroatoms. The molecule has 0 radical (unpaired) electrons. The molecule has 1 aliphatic rings. The molecule has 1 aliphatic heterocycles. The molecule has 0 bridgehead atoms. The number of amides is 1. The Morgan fingerprint density at radius 2 is 1.95 bits per heavy atom.